The molecule has 174 valence electrons. The van der Waals surface area contributed by atoms with Crippen LogP contribution in [0.5, 0.6) is 11.5 Å². The molecule has 1 amide bonds. The van der Waals surface area contributed by atoms with E-state index in [1.165, 1.54) is 5.57 Å². The van der Waals surface area contributed by atoms with E-state index in [1.807, 2.05) is 24.4 Å². The van der Waals surface area contributed by atoms with Crippen LogP contribution in [0.4, 0.5) is 0 Å². The highest BCUT2D eigenvalue weighted by Gasteiger charge is 2.25. The van der Waals surface area contributed by atoms with Crippen molar-refractivity contribution in [1.29, 1.82) is 0 Å². The highest BCUT2D eigenvalue weighted by Crippen LogP contribution is 2.37. The molecular weight excluding hydrogens is 412 g/mol. The molecular formula is C28H34N2O3. The lowest BCUT2D eigenvalue weighted by atomic mass is 9.87. The van der Waals surface area contributed by atoms with Gasteiger partial charge in [0.2, 0.25) is 0 Å². The normalized spacial score (nSPS) is 23.1. The number of nitrogens with zero attached hydrogens (tertiary/aromatic N) is 2. The lowest BCUT2D eigenvalue weighted by Gasteiger charge is -2.31. The number of hydrogen-bond donors (Lipinski definition) is 0. The van der Waals surface area contributed by atoms with E-state index >= 15 is 0 Å². The first-order valence-electron chi connectivity index (χ1n) is 11.6. The van der Waals surface area contributed by atoms with Gasteiger partial charge in [0.05, 0.1) is 14.2 Å². The molecule has 5 heteroatoms. The van der Waals surface area contributed by atoms with Gasteiger partial charge in [-0.3, -0.25) is 9.69 Å². The summed E-state index contributed by atoms with van der Waals surface area (Å²) >= 11 is 0. The molecule has 0 radical (unpaired) electrons. The Hall–Kier alpha value is -3.05. The van der Waals surface area contributed by atoms with E-state index in [0.29, 0.717) is 17.5 Å². The van der Waals surface area contributed by atoms with Gasteiger partial charge in [-0.1, -0.05) is 31.2 Å². The van der Waals surface area contributed by atoms with E-state index in [1.54, 1.807) is 25.2 Å². The number of carbonyl (C=O) groups excluding carboxylic acids is 1. The monoisotopic (exact) mass is 446 g/mol. The van der Waals surface area contributed by atoms with Crippen molar-refractivity contribution < 1.29 is 14.3 Å². The Labute approximate surface area is 197 Å². The van der Waals surface area contributed by atoms with Crippen molar-refractivity contribution in [3.05, 3.63) is 77.2 Å². The Balaban J connectivity index is 1.63. The maximum atomic E-state index is 13.4. The fraction of sp³-hybridized carbons (Fsp3) is 0.393. The van der Waals surface area contributed by atoms with Crippen LogP contribution in [0.15, 0.2) is 71.6 Å². The van der Waals surface area contributed by atoms with Crippen molar-refractivity contribution in [3.8, 4) is 11.5 Å². The fourth-order valence-electron chi connectivity index (χ4n) is 4.76. The molecule has 4 rings (SSSR count). The Morgan fingerprint density at radius 1 is 1.03 bits per heavy atom. The first-order chi connectivity index (χ1) is 15.9. The number of allylic oxidation sites excluding steroid dienone is 6. The quantitative estimate of drug-likeness (QED) is 0.613. The molecule has 0 saturated heterocycles. The van der Waals surface area contributed by atoms with Crippen LogP contribution in [0.25, 0.3) is 5.57 Å². The molecule has 0 N–H and O–H groups in total. The van der Waals surface area contributed by atoms with Gasteiger partial charge in [0, 0.05) is 24.0 Å². The van der Waals surface area contributed by atoms with Crippen LogP contribution < -0.4 is 9.47 Å². The Bertz CT molecular complexity index is 1070. The zero-order valence-electron chi connectivity index (χ0n) is 20.3. The van der Waals surface area contributed by atoms with Gasteiger partial charge in [-0.25, -0.2) is 0 Å². The third-order valence-corrected chi connectivity index (χ3v) is 6.91. The van der Waals surface area contributed by atoms with E-state index in [9.17, 15) is 4.79 Å². The van der Waals surface area contributed by atoms with Gasteiger partial charge < -0.3 is 14.4 Å². The molecule has 2 unspecified atom stereocenters. The van der Waals surface area contributed by atoms with Gasteiger partial charge in [-0.2, -0.15) is 0 Å². The first kappa shape index (κ1) is 23.1. The Kier molecular flexibility index (Phi) is 6.89. The van der Waals surface area contributed by atoms with Crippen molar-refractivity contribution in [2.75, 3.05) is 28.3 Å². The highest BCUT2D eigenvalue weighted by atomic mass is 16.5. The second-order valence-electron chi connectivity index (χ2n) is 9.18. The zero-order chi connectivity index (χ0) is 23.5. The van der Waals surface area contributed by atoms with Crippen molar-refractivity contribution >= 4 is 11.5 Å². The van der Waals surface area contributed by atoms with Crippen LogP contribution in [-0.2, 0) is 4.79 Å². The SMILES string of the molecule is COc1ccc(C2=CC(=O)N3C=C(C4=CCC(N(C)C)CC4)C=CC3=CCC2C)cc1OC. The summed E-state index contributed by atoms with van der Waals surface area (Å²) in [4.78, 5) is 17.5. The summed E-state index contributed by atoms with van der Waals surface area (Å²) < 4.78 is 10.9. The van der Waals surface area contributed by atoms with Crippen LogP contribution in [-0.4, -0.2) is 50.1 Å². The molecule has 1 aromatic carbocycles. The minimum Gasteiger partial charge on any atom is -0.493 e. The van der Waals surface area contributed by atoms with Gasteiger partial charge in [0.15, 0.2) is 11.5 Å². The average molecular weight is 447 g/mol. The highest BCUT2D eigenvalue weighted by molar-refractivity contribution is 5.98. The molecule has 2 aliphatic heterocycles. The fourth-order valence-corrected chi connectivity index (χ4v) is 4.76. The third kappa shape index (κ3) is 4.83. The summed E-state index contributed by atoms with van der Waals surface area (Å²) in [6.45, 7) is 2.16. The van der Waals surface area contributed by atoms with E-state index < -0.39 is 0 Å². The largest absolute Gasteiger partial charge is 0.493 e. The molecule has 2 heterocycles. The van der Waals surface area contributed by atoms with E-state index in [4.69, 9.17) is 9.47 Å². The number of carbonyl (C=O) groups is 1. The Morgan fingerprint density at radius 3 is 2.48 bits per heavy atom. The molecule has 1 aromatic rings. The standard InChI is InChI=1S/C28H34N2O3/c1-19-6-11-24-14-9-22(20-7-12-23(13-8-20)29(2)3)18-30(24)28(31)17-25(19)21-10-15-26(32-4)27(16-21)33-5/h7,9-11,14-19,23H,6,8,12-13H2,1-5H3. The number of rotatable bonds is 5. The second kappa shape index (κ2) is 9.84. The van der Waals surface area contributed by atoms with E-state index in [2.05, 4.69) is 50.2 Å². The van der Waals surface area contributed by atoms with Gasteiger partial charge in [-0.05, 0) is 86.2 Å². The first-order valence-corrected chi connectivity index (χ1v) is 11.6. The predicted molar refractivity (Wildman–Crippen MR) is 133 cm³/mol. The number of fused-ring (bicyclic) bond motifs is 1. The summed E-state index contributed by atoms with van der Waals surface area (Å²) in [5.74, 6) is 1.52. The van der Waals surface area contributed by atoms with Crippen LogP contribution in [0.1, 0.15) is 38.2 Å². The summed E-state index contributed by atoms with van der Waals surface area (Å²) in [5.41, 5.74) is 5.39. The molecule has 1 aliphatic carbocycles. The van der Waals surface area contributed by atoms with Gasteiger partial charge in [-0.15, -0.1) is 0 Å². The number of methoxy groups -OCH3 is 2. The smallest absolute Gasteiger partial charge is 0.255 e. The molecule has 0 saturated carbocycles. The van der Waals surface area contributed by atoms with Crippen molar-refractivity contribution in [1.82, 2.24) is 9.80 Å². The lowest BCUT2D eigenvalue weighted by molar-refractivity contribution is -0.122. The van der Waals surface area contributed by atoms with Gasteiger partial charge >= 0.3 is 0 Å². The van der Waals surface area contributed by atoms with Crippen LogP contribution in [0.2, 0.25) is 0 Å². The topological polar surface area (TPSA) is 42.0 Å². The summed E-state index contributed by atoms with van der Waals surface area (Å²) in [6.07, 6.45) is 16.6. The summed E-state index contributed by atoms with van der Waals surface area (Å²) in [7, 11) is 7.54. The van der Waals surface area contributed by atoms with Gasteiger partial charge in [0.1, 0.15) is 0 Å². The van der Waals surface area contributed by atoms with Crippen molar-refractivity contribution in [2.45, 2.75) is 38.6 Å². The minimum absolute atomic E-state index is 0.0259. The second-order valence-corrected chi connectivity index (χ2v) is 9.18. The number of benzene rings is 1. The summed E-state index contributed by atoms with van der Waals surface area (Å²) in [6, 6.07) is 6.43. The molecule has 0 aromatic heterocycles. The van der Waals surface area contributed by atoms with Crippen molar-refractivity contribution in [3.63, 3.8) is 0 Å². The van der Waals surface area contributed by atoms with E-state index in [0.717, 1.165) is 48.1 Å². The lowest BCUT2D eigenvalue weighted by Crippen LogP contribution is -2.30. The molecule has 33 heavy (non-hydrogen) atoms. The maximum absolute atomic E-state index is 13.4. The number of hydrogen-bond acceptors (Lipinski definition) is 4. The van der Waals surface area contributed by atoms with E-state index in [-0.39, 0.29) is 11.8 Å². The number of ether oxygens (including phenoxy) is 2. The molecule has 2 atom stereocenters. The van der Waals surface area contributed by atoms with Crippen molar-refractivity contribution in [2.24, 2.45) is 5.92 Å². The van der Waals surface area contributed by atoms with Crippen LogP contribution in [0.3, 0.4) is 0 Å². The maximum Gasteiger partial charge on any atom is 0.255 e. The van der Waals surface area contributed by atoms with Gasteiger partial charge in [0.25, 0.3) is 5.91 Å². The van der Waals surface area contributed by atoms with Crippen LogP contribution >= 0.6 is 0 Å². The molecule has 0 bridgehead atoms. The zero-order valence-corrected chi connectivity index (χ0v) is 20.3. The molecule has 0 spiro atoms. The molecule has 5 nitrogen and oxygen atoms in total. The Morgan fingerprint density at radius 2 is 1.82 bits per heavy atom. The predicted octanol–water partition coefficient (Wildman–Crippen LogP) is 5.33. The third-order valence-electron chi connectivity index (χ3n) is 6.91. The number of amides is 1. The summed E-state index contributed by atoms with van der Waals surface area (Å²) in [5, 5.41) is 0. The minimum atomic E-state index is -0.0259. The van der Waals surface area contributed by atoms with Crippen LogP contribution in [0, 0.1) is 5.92 Å². The molecule has 0 fully saturated rings. The average Bonchev–Trinajstić information content (AvgIpc) is 2.84. The molecule has 3 aliphatic rings.